The minimum Gasteiger partial charge on any atom is -0.394 e. The van der Waals surface area contributed by atoms with Crippen LogP contribution in [0.25, 0.3) is 0 Å². The SMILES string of the molecule is Cc1nn(C(C)C)c(N(C)CCc2cccs2)c1N. The van der Waals surface area contributed by atoms with Crippen LogP contribution in [0.2, 0.25) is 0 Å². The van der Waals surface area contributed by atoms with Gasteiger partial charge in [-0.1, -0.05) is 6.07 Å². The lowest BCUT2D eigenvalue weighted by Gasteiger charge is -2.22. The second kappa shape index (κ2) is 5.65. The number of rotatable bonds is 5. The van der Waals surface area contributed by atoms with Gasteiger partial charge in [0.2, 0.25) is 0 Å². The smallest absolute Gasteiger partial charge is 0.150 e. The molecule has 19 heavy (non-hydrogen) atoms. The van der Waals surface area contributed by atoms with E-state index in [1.54, 1.807) is 11.3 Å². The van der Waals surface area contributed by atoms with Gasteiger partial charge >= 0.3 is 0 Å². The Labute approximate surface area is 118 Å². The molecule has 0 aromatic carbocycles. The van der Waals surface area contributed by atoms with Crippen molar-refractivity contribution < 1.29 is 0 Å². The van der Waals surface area contributed by atoms with E-state index in [4.69, 9.17) is 5.73 Å². The molecule has 0 amide bonds. The fourth-order valence-corrected chi connectivity index (χ4v) is 2.83. The van der Waals surface area contributed by atoms with Gasteiger partial charge in [-0.05, 0) is 38.6 Å². The molecular formula is C14H22N4S. The molecule has 2 rings (SSSR count). The molecule has 0 saturated carbocycles. The number of aromatic nitrogens is 2. The zero-order valence-electron chi connectivity index (χ0n) is 12.1. The zero-order valence-corrected chi connectivity index (χ0v) is 12.9. The molecule has 0 fully saturated rings. The van der Waals surface area contributed by atoms with E-state index in [-0.39, 0.29) is 0 Å². The van der Waals surface area contributed by atoms with Crippen molar-refractivity contribution in [2.24, 2.45) is 0 Å². The molecule has 2 heterocycles. The van der Waals surface area contributed by atoms with Crippen molar-refractivity contribution in [2.75, 3.05) is 24.2 Å². The lowest BCUT2D eigenvalue weighted by molar-refractivity contribution is 0.526. The Morgan fingerprint density at radius 2 is 2.21 bits per heavy atom. The van der Waals surface area contributed by atoms with Crippen LogP contribution < -0.4 is 10.6 Å². The molecule has 2 aromatic rings. The monoisotopic (exact) mass is 278 g/mol. The van der Waals surface area contributed by atoms with Gasteiger partial charge in [-0.25, -0.2) is 4.68 Å². The molecule has 0 aliphatic carbocycles. The quantitative estimate of drug-likeness (QED) is 0.914. The molecule has 0 aliphatic rings. The van der Waals surface area contributed by atoms with Crippen molar-refractivity contribution in [1.82, 2.24) is 9.78 Å². The summed E-state index contributed by atoms with van der Waals surface area (Å²) in [6, 6.07) is 4.58. The predicted octanol–water partition coefficient (Wildman–Crippen LogP) is 3.10. The lowest BCUT2D eigenvalue weighted by atomic mass is 10.3. The molecule has 0 saturated heterocycles. The number of nitrogens with zero attached hydrogens (tertiary/aromatic N) is 3. The highest BCUT2D eigenvalue weighted by Crippen LogP contribution is 2.28. The van der Waals surface area contributed by atoms with E-state index in [0.717, 1.165) is 30.2 Å². The number of aryl methyl sites for hydroxylation is 1. The van der Waals surface area contributed by atoms with Crippen LogP contribution in [-0.2, 0) is 6.42 Å². The number of anilines is 2. The maximum atomic E-state index is 6.17. The van der Waals surface area contributed by atoms with Crippen LogP contribution in [0.5, 0.6) is 0 Å². The first-order chi connectivity index (χ1) is 9.00. The summed E-state index contributed by atoms with van der Waals surface area (Å²) >= 11 is 1.80. The van der Waals surface area contributed by atoms with E-state index in [1.807, 2.05) is 11.6 Å². The highest BCUT2D eigenvalue weighted by atomic mass is 32.1. The van der Waals surface area contributed by atoms with Crippen molar-refractivity contribution in [2.45, 2.75) is 33.2 Å². The van der Waals surface area contributed by atoms with Crippen molar-refractivity contribution >= 4 is 22.8 Å². The van der Waals surface area contributed by atoms with Crippen LogP contribution in [0.3, 0.4) is 0 Å². The molecule has 4 nitrogen and oxygen atoms in total. The van der Waals surface area contributed by atoms with E-state index < -0.39 is 0 Å². The summed E-state index contributed by atoms with van der Waals surface area (Å²) in [6.45, 7) is 7.17. The first-order valence-corrected chi connectivity index (χ1v) is 7.46. The van der Waals surface area contributed by atoms with Gasteiger partial charge in [-0.15, -0.1) is 11.3 Å². The normalized spacial score (nSPS) is 11.2. The minimum atomic E-state index is 0.315. The first kappa shape index (κ1) is 13.9. The highest BCUT2D eigenvalue weighted by Gasteiger charge is 2.18. The van der Waals surface area contributed by atoms with Crippen molar-refractivity contribution in [1.29, 1.82) is 0 Å². The zero-order chi connectivity index (χ0) is 14.0. The van der Waals surface area contributed by atoms with Gasteiger partial charge < -0.3 is 10.6 Å². The second-order valence-corrected chi connectivity index (χ2v) is 6.14. The molecule has 2 aromatic heterocycles. The van der Waals surface area contributed by atoms with Gasteiger partial charge in [0.1, 0.15) is 0 Å². The predicted molar refractivity (Wildman–Crippen MR) is 83.1 cm³/mol. The average Bonchev–Trinajstić information content (AvgIpc) is 2.96. The van der Waals surface area contributed by atoms with Crippen LogP contribution in [-0.4, -0.2) is 23.4 Å². The minimum absolute atomic E-state index is 0.315. The topological polar surface area (TPSA) is 47.1 Å². The van der Waals surface area contributed by atoms with E-state index in [1.165, 1.54) is 4.88 Å². The number of hydrogen-bond donors (Lipinski definition) is 1. The highest BCUT2D eigenvalue weighted by molar-refractivity contribution is 7.09. The second-order valence-electron chi connectivity index (χ2n) is 5.11. The van der Waals surface area contributed by atoms with Crippen LogP contribution >= 0.6 is 11.3 Å². The summed E-state index contributed by atoms with van der Waals surface area (Å²) in [5.41, 5.74) is 7.87. The van der Waals surface area contributed by atoms with E-state index in [0.29, 0.717) is 6.04 Å². The molecule has 0 radical (unpaired) electrons. The lowest BCUT2D eigenvalue weighted by Crippen LogP contribution is -2.24. The molecular weight excluding hydrogens is 256 g/mol. The number of nitrogen functional groups attached to an aromatic ring is 1. The van der Waals surface area contributed by atoms with Gasteiger partial charge in [-0.3, -0.25) is 0 Å². The first-order valence-electron chi connectivity index (χ1n) is 6.58. The van der Waals surface area contributed by atoms with Gasteiger partial charge in [0.05, 0.1) is 11.4 Å². The Morgan fingerprint density at radius 1 is 1.47 bits per heavy atom. The summed E-state index contributed by atoms with van der Waals surface area (Å²) in [6.07, 6.45) is 1.04. The van der Waals surface area contributed by atoms with Crippen LogP contribution in [0.1, 0.15) is 30.5 Å². The standard InChI is InChI=1S/C14H22N4S/c1-10(2)18-14(13(15)11(3)16-18)17(4)8-7-12-6-5-9-19-12/h5-6,9-10H,7-8,15H2,1-4H3. The molecule has 0 atom stereocenters. The maximum absolute atomic E-state index is 6.17. The third-order valence-corrected chi connectivity index (χ3v) is 4.17. The summed E-state index contributed by atoms with van der Waals surface area (Å²) in [7, 11) is 2.08. The van der Waals surface area contributed by atoms with Crippen LogP contribution in [0, 0.1) is 6.92 Å². The van der Waals surface area contributed by atoms with Gasteiger partial charge in [-0.2, -0.15) is 5.10 Å². The van der Waals surface area contributed by atoms with Crippen molar-refractivity contribution in [3.05, 3.63) is 28.1 Å². The Hall–Kier alpha value is -1.49. The molecule has 0 spiro atoms. The molecule has 5 heteroatoms. The summed E-state index contributed by atoms with van der Waals surface area (Å²) in [5.74, 6) is 1.03. The molecule has 104 valence electrons. The molecule has 0 aliphatic heterocycles. The maximum Gasteiger partial charge on any atom is 0.150 e. The van der Waals surface area contributed by atoms with E-state index >= 15 is 0 Å². The van der Waals surface area contributed by atoms with Gasteiger partial charge in [0.15, 0.2) is 5.82 Å². The Bertz CT molecular complexity index is 528. The Morgan fingerprint density at radius 3 is 2.79 bits per heavy atom. The third-order valence-electron chi connectivity index (χ3n) is 3.23. The molecule has 0 unspecified atom stereocenters. The fraction of sp³-hybridized carbons (Fsp3) is 0.500. The van der Waals surface area contributed by atoms with Crippen LogP contribution in [0.15, 0.2) is 17.5 Å². The van der Waals surface area contributed by atoms with Crippen molar-refractivity contribution in [3.63, 3.8) is 0 Å². The largest absolute Gasteiger partial charge is 0.394 e. The third kappa shape index (κ3) is 2.92. The molecule has 0 bridgehead atoms. The number of likely N-dealkylation sites (N-methyl/N-ethyl adjacent to an activating group) is 1. The van der Waals surface area contributed by atoms with Crippen molar-refractivity contribution in [3.8, 4) is 0 Å². The average molecular weight is 278 g/mol. The summed E-state index contributed by atoms with van der Waals surface area (Å²) in [4.78, 5) is 3.60. The number of thiophene rings is 1. The Kier molecular flexibility index (Phi) is 4.14. The number of nitrogens with two attached hydrogens (primary N) is 1. The van der Waals surface area contributed by atoms with E-state index in [9.17, 15) is 0 Å². The van der Waals surface area contributed by atoms with Crippen LogP contribution in [0.4, 0.5) is 11.5 Å². The van der Waals surface area contributed by atoms with E-state index in [2.05, 4.69) is 48.4 Å². The van der Waals surface area contributed by atoms with Gasteiger partial charge in [0, 0.05) is 24.5 Å². The molecule has 2 N–H and O–H groups in total. The summed E-state index contributed by atoms with van der Waals surface area (Å²) < 4.78 is 2.01. The fourth-order valence-electron chi connectivity index (χ4n) is 2.13. The summed E-state index contributed by atoms with van der Waals surface area (Å²) in [5, 5.41) is 6.65. The van der Waals surface area contributed by atoms with Gasteiger partial charge in [0.25, 0.3) is 0 Å². The number of hydrogen-bond acceptors (Lipinski definition) is 4. The Balaban J connectivity index is 2.16.